The van der Waals surface area contributed by atoms with Gasteiger partial charge in [-0.25, -0.2) is 0 Å². The van der Waals surface area contributed by atoms with Crippen molar-refractivity contribution in [3.8, 4) is 5.75 Å². The Balaban J connectivity index is 1.31. The van der Waals surface area contributed by atoms with Gasteiger partial charge >= 0.3 is 0 Å². The average Bonchev–Trinajstić information content (AvgIpc) is 2.79. The molecule has 1 amide bonds. The number of rotatable bonds is 7. The normalized spacial score (nSPS) is 15.4. The fourth-order valence-electron chi connectivity index (χ4n) is 4.21. The van der Waals surface area contributed by atoms with Gasteiger partial charge in [-0.15, -0.1) is 0 Å². The van der Waals surface area contributed by atoms with Crippen molar-refractivity contribution in [2.45, 2.75) is 25.9 Å². The predicted octanol–water partition coefficient (Wildman–Crippen LogP) is 5.18. The number of anilines is 1. The highest BCUT2D eigenvalue weighted by Crippen LogP contribution is 2.29. The minimum atomic E-state index is -0.105. The summed E-state index contributed by atoms with van der Waals surface area (Å²) in [5.74, 6) is 1.56. The lowest BCUT2D eigenvalue weighted by Crippen LogP contribution is -2.26. The number of fused-ring (bicyclic) bond motifs is 1. The molecule has 160 valence electrons. The summed E-state index contributed by atoms with van der Waals surface area (Å²) in [4.78, 5) is 14.5. The summed E-state index contributed by atoms with van der Waals surface area (Å²) >= 11 is 0. The van der Waals surface area contributed by atoms with Crippen LogP contribution in [0.5, 0.6) is 5.75 Å². The first-order valence-corrected chi connectivity index (χ1v) is 10.9. The van der Waals surface area contributed by atoms with Crippen LogP contribution in [0.2, 0.25) is 0 Å². The number of nitrogens with zero attached hydrogens (tertiary/aromatic N) is 1. The standard InChI is InChI=1S/C27H30N2O2/c1-29(2)18-21-8-11-24-17-26(15-12-23(24)16-21)31-19-20-9-13-25(14-10-20)28-27(30)22-6-4-3-5-7-22/h3-7,9-10,12-15,17,21H,8,11,16,18-19H2,1-2H3,(H,28,30). The number of carbonyl (C=O) groups is 1. The molecule has 3 aromatic rings. The molecule has 4 nitrogen and oxygen atoms in total. The van der Waals surface area contributed by atoms with E-state index in [0.29, 0.717) is 12.2 Å². The Bertz CT molecular complexity index is 1010. The molecule has 1 unspecified atom stereocenters. The maximum absolute atomic E-state index is 12.3. The van der Waals surface area contributed by atoms with E-state index in [9.17, 15) is 4.79 Å². The third-order valence-electron chi connectivity index (χ3n) is 5.78. The van der Waals surface area contributed by atoms with Crippen LogP contribution in [0.1, 0.15) is 33.5 Å². The van der Waals surface area contributed by atoms with Gasteiger partial charge in [0.2, 0.25) is 0 Å². The zero-order chi connectivity index (χ0) is 21.6. The molecule has 1 aliphatic rings. The Morgan fingerprint density at radius 1 is 1.00 bits per heavy atom. The van der Waals surface area contributed by atoms with Crippen LogP contribution in [0, 0.1) is 5.92 Å². The van der Waals surface area contributed by atoms with Crippen molar-refractivity contribution in [1.29, 1.82) is 0 Å². The third kappa shape index (κ3) is 5.74. The van der Waals surface area contributed by atoms with Crippen LogP contribution in [-0.2, 0) is 19.4 Å². The quantitative estimate of drug-likeness (QED) is 0.579. The van der Waals surface area contributed by atoms with Gasteiger partial charge in [-0.3, -0.25) is 4.79 Å². The molecule has 31 heavy (non-hydrogen) atoms. The van der Waals surface area contributed by atoms with Gasteiger partial charge in [0.25, 0.3) is 5.91 Å². The average molecular weight is 415 g/mol. The van der Waals surface area contributed by atoms with Gasteiger partial charge in [0, 0.05) is 17.8 Å². The van der Waals surface area contributed by atoms with E-state index in [4.69, 9.17) is 4.74 Å². The molecule has 1 atom stereocenters. The number of nitrogens with one attached hydrogen (secondary N) is 1. The zero-order valence-electron chi connectivity index (χ0n) is 18.3. The van der Waals surface area contributed by atoms with E-state index in [2.05, 4.69) is 42.5 Å². The lowest BCUT2D eigenvalue weighted by atomic mass is 9.83. The van der Waals surface area contributed by atoms with Crippen molar-refractivity contribution in [2.24, 2.45) is 5.92 Å². The third-order valence-corrected chi connectivity index (χ3v) is 5.78. The summed E-state index contributed by atoms with van der Waals surface area (Å²) in [7, 11) is 4.30. The Hall–Kier alpha value is -3.11. The van der Waals surface area contributed by atoms with Gasteiger partial charge in [0.1, 0.15) is 12.4 Å². The maximum Gasteiger partial charge on any atom is 0.255 e. The number of hydrogen-bond acceptors (Lipinski definition) is 3. The molecule has 0 saturated carbocycles. The Morgan fingerprint density at radius 2 is 1.77 bits per heavy atom. The van der Waals surface area contributed by atoms with Crippen LogP contribution in [0.15, 0.2) is 72.8 Å². The van der Waals surface area contributed by atoms with E-state index in [0.717, 1.165) is 42.3 Å². The van der Waals surface area contributed by atoms with Crippen molar-refractivity contribution in [3.05, 3.63) is 95.1 Å². The number of benzene rings is 3. The first-order valence-electron chi connectivity index (χ1n) is 10.9. The van der Waals surface area contributed by atoms with Gasteiger partial charge in [-0.2, -0.15) is 0 Å². The van der Waals surface area contributed by atoms with Gasteiger partial charge in [0.05, 0.1) is 0 Å². The van der Waals surface area contributed by atoms with Crippen LogP contribution < -0.4 is 10.1 Å². The lowest BCUT2D eigenvalue weighted by molar-refractivity contribution is 0.102. The van der Waals surface area contributed by atoms with Crippen molar-refractivity contribution in [1.82, 2.24) is 4.90 Å². The van der Waals surface area contributed by atoms with Crippen LogP contribution in [-0.4, -0.2) is 31.4 Å². The fourth-order valence-corrected chi connectivity index (χ4v) is 4.21. The molecular formula is C27H30N2O2. The van der Waals surface area contributed by atoms with Crippen molar-refractivity contribution < 1.29 is 9.53 Å². The van der Waals surface area contributed by atoms with E-state index in [-0.39, 0.29) is 5.91 Å². The number of ether oxygens (including phenoxy) is 1. The molecule has 0 aromatic heterocycles. The summed E-state index contributed by atoms with van der Waals surface area (Å²) < 4.78 is 6.04. The second-order valence-electron chi connectivity index (χ2n) is 8.61. The van der Waals surface area contributed by atoms with E-state index >= 15 is 0 Å². The molecule has 0 heterocycles. The summed E-state index contributed by atoms with van der Waals surface area (Å²) in [6, 6.07) is 23.6. The van der Waals surface area contributed by atoms with Gasteiger partial charge in [0.15, 0.2) is 0 Å². The molecule has 0 radical (unpaired) electrons. The molecule has 0 saturated heterocycles. The fraction of sp³-hybridized carbons (Fsp3) is 0.296. The molecule has 0 fully saturated rings. The van der Waals surface area contributed by atoms with Gasteiger partial charge in [-0.1, -0.05) is 36.4 Å². The van der Waals surface area contributed by atoms with Crippen molar-refractivity contribution in [3.63, 3.8) is 0 Å². The number of hydrogen-bond donors (Lipinski definition) is 1. The van der Waals surface area contributed by atoms with Gasteiger partial charge < -0.3 is 15.0 Å². The Morgan fingerprint density at radius 3 is 2.52 bits per heavy atom. The molecule has 0 aliphatic heterocycles. The van der Waals surface area contributed by atoms with Crippen LogP contribution in [0.25, 0.3) is 0 Å². The Labute approximate surface area is 184 Å². The van der Waals surface area contributed by atoms with Gasteiger partial charge in [-0.05, 0) is 92.4 Å². The molecule has 4 heteroatoms. The highest BCUT2D eigenvalue weighted by atomic mass is 16.5. The van der Waals surface area contributed by atoms with Crippen LogP contribution in [0.4, 0.5) is 5.69 Å². The van der Waals surface area contributed by atoms with Crippen LogP contribution in [0.3, 0.4) is 0 Å². The summed E-state index contributed by atoms with van der Waals surface area (Å²) in [5, 5.41) is 2.93. The molecule has 3 aromatic carbocycles. The zero-order valence-corrected chi connectivity index (χ0v) is 18.3. The molecule has 1 N–H and O–H groups in total. The first kappa shape index (κ1) is 21.1. The minimum Gasteiger partial charge on any atom is -0.489 e. The highest BCUT2D eigenvalue weighted by Gasteiger charge is 2.19. The highest BCUT2D eigenvalue weighted by molar-refractivity contribution is 6.04. The maximum atomic E-state index is 12.3. The second-order valence-corrected chi connectivity index (χ2v) is 8.61. The number of carbonyl (C=O) groups excluding carboxylic acids is 1. The Kier molecular flexibility index (Phi) is 6.68. The summed E-state index contributed by atoms with van der Waals surface area (Å²) in [5.41, 5.74) is 5.38. The summed E-state index contributed by atoms with van der Waals surface area (Å²) in [6.07, 6.45) is 3.52. The first-order chi connectivity index (χ1) is 15.1. The lowest BCUT2D eigenvalue weighted by Gasteiger charge is -2.27. The SMILES string of the molecule is CN(C)CC1CCc2cc(OCc3ccc(NC(=O)c4ccccc4)cc3)ccc2C1. The van der Waals surface area contributed by atoms with E-state index < -0.39 is 0 Å². The minimum absolute atomic E-state index is 0.105. The van der Waals surface area contributed by atoms with Crippen molar-refractivity contribution in [2.75, 3.05) is 26.0 Å². The van der Waals surface area contributed by atoms with E-state index in [1.165, 1.54) is 17.5 Å². The van der Waals surface area contributed by atoms with E-state index in [1.54, 1.807) is 12.1 Å². The van der Waals surface area contributed by atoms with E-state index in [1.807, 2.05) is 42.5 Å². The summed E-state index contributed by atoms with van der Waals surface area (Å²) in [6.45, 7) is 1.66. The molecule has 0 bridgehead atoms. The molecule has 1 aliphatic carbocycles. The predicted molar refractivity (Wildman–Crippen MR) is 126 cm³/mol. The second kappa shape index (κ2) is 9.80. The molecule has 0 spiro atoms. The monoisotopic (exact) mass is 414 g/mol. The smallest absolute Gasteiger partial charge is 0.255 e. The number of aryl methyl sites for hydroxylation is 1. The number of amides is 1. The topological polar surface area (TPSA) is 41.6 Å². The van der Waals surface area contributed by atoms with Crippen LogP contribution >= 0.6 is 0 Å². The largest absolute Gasteiger partial charge is 0.489 e. The molecule has 4 rings (SSSR count). The molecular weight excluding hydrogens is 384 g/mol. The van der Waals surface area contributed by atoms with Crippen molar-refractivity contribution >= 4 is 11.6 Å².